The fourth-order valence-corrected chi connectivity index (χ4v) is 1.61. The molecule has 78 valence electrons. The molecular formula is C12H13NO2. The van der Waals surface area contributed by atoms with Gasteiger partial charge in [0, 0.05) is 23.0 Å². The summed E-state index contributed by atoms with van der Waals surface area (Å²) in [7, 11) is 0. The fourth-order valence-electron chi connectivity index (χ4n) is 1.61. The van der Waals surface area contributed by atoms with Crippen LogP contribution in [0.1, 0.15) is 12.1 Å². The molecule has 3 nitrogen and oxygen atoms in total. The number of benzene rings is 1. The normalized spacial score (nSPS) is 10.5. The monoisotopic (exact) mass is 203 g/mol. The van der Waals surface area contributed by atoms with E-state index < -0.39 is 0 Å². The third kappa shape index (κ3) is 2.01. The molecule has 1 aromatic carbocycles. The first-order chi connectivity index (χ1) is 7.31. The van der Waals surface area contributed by atoms with Crippen LogP contribution in [0.4, 0.5) is 0 Å². The Morgan fingerprint density at radius 3 is 3.13 bits per heavy atom. The molecule has 2 aromatic rings. The van der Waals surface area contributed by atoms with E-state index in [9.17, 15) is 4.79 Å². The van der Waals surface area contributed by atoms with E-state index in [0.717, 1.165) is 28.6 Å². The van der Waals surface area contributed by atoms with Gasteiger partial charge in [0.1, 0.15) is 12.0 Å². The largest absolute Gasteiger partial charge is 0.492 e. The van der Waals surface area contributed by atoms with Gasteiger partial charge in [-0.3, -0.25) is 0 Å². The summed E-state index contributed by atoms with van der Waals surface area (Å²) in [5.41, 5.74) is 2.17. The minimum atomic E-state index is 0.430. The van der Waals surface area contributed by atoms with E-state index in [1.807, 2.05) is 31.2 Å². The number of aromatic nitrogens is 1. The van der Waals surface area contributed by atoms with Crippen LogP contribution in [-0.4, -0.2) is 17.9 Å². The third-order valence-corrected chi connectivity index (χ3v) is 2.25. The lowest BCUT2D eigenvalue weighted by Gasteiger charge is -2.04. The van der Waals surface area contributed by atoms with E-state index in [4.69, 9.17) is 4.74 Å². The summed E-state index contributed by atoms with van der Waals surface area (Å²) < 4.78 is 5.52. The van der Waals surface area contributed by atoms with Gasteiger partial charge in [0.25, 0.3) is 0 Å². The maximum absolute atomic E-state index is 10.2. The van der Waals surface area contributed by atoms with Gasteiger partial charge in [0.05, 0.1) is 6.61 Å². The quantitative estimate of drug-likeness (QED) is 0.612. The lowest BCUT2D eigenvalue weighted by atomic mass is 10.2. The Kier molecular flexibility index (Phi) is 2.72. The SMILES string of the molecule is Cc1cc2c(OCCC=O)cccc2[nH]1. The van der Waals surface area contributed by atoms with E-state index in [-0.39, 0.29) is 0 Å². The number of hydrogen-bond acceptors (Lipinski definition) is 2. The van der Waals surface area contributed by atoms with Crippen LogP contribution in [0.2, 0.25) is 0 Å². The van der Waals surface area contributed by atoms with E-state index in [1.54, 1.807) is 0 Å². The summed E-state index contributed by atoms with van der Waals surface area (Å²) in [5, 5.41) is 1.07. The summed E-state index contributed by atoms with van der Waals surface area (Å²) in [5.74, 6) is 0.832. The van der Waals surface area contributed by atoms with Gasteiger partial charge in [0.2, 0.25) is 0 Å². The average molecular weight is 203 g/mol. The molecule has 0 spiro atoms. The van der Waals surface area contributed by atoms with Crippen LogP contribution in [0.5, 0.6) is 5.75 Å². The van der Waals surface area contributed by atoms with Crippen molar-refractivity contribution >= 4 is 17.2 Å². The molecule has 0 saturated heterocycles. The van der Waals surface area contributed by atoms with Gasteiger partial charge in [0.15, 0.2) is 0 Å². The van der Waals surface area contributed by atoms with Gasteiger partial charge in [-0.2, -0.15) is 0 Å². The molecule has 3 heteroatoms. The van der Waals surface area contributed by atoms with Crippen molar-refractivity contribution in [3.8, 4) is 5.75 Å². The molecule has 0 amide bonds. The number of aromatic amines is 1. The number of carbonyl (C=O) groups excluding carboxylic acids is 1. The first-order valence-corrected chi connectivity index (χ1v) is 4.96. The zero-order valence-corrected chi connectivity index (χ0v) is 8.62. The summed E-state index contributed by atoms with van der Waals surface area (Å²) in [6.07, 6.45) is 1.29. The Labute approximate surface area is 88.1 Å². The van der Waals surface area contributed by atoms with Crippen LogP contribution in [0.15, 0.2) is 24.3 Å². The number of aryl methyl sites for hydroxylation is 1. The van der Waals surface area contributed by atoms with Gasteiger partial charge >= 0.3 is 0 Å². The van der Waals surface area contributed by atoms with Crippen LogP contribution in [0.25, 0.3) is 10.9 Å². The van der Waals surface area contributed by atoms with Crippen molar-refractivity contribution in [3.05, 3.63) is 30.0 Å². The van der Waals surface area contributed by atoms with Crippen molar-refractivity contribution < 1.29 is 9.53 Å². The maximum Gasteiger partial charge on any atom is 0.128 e. The Balaban J connectivity index is 2.29. The predicted octanol–water partition coefficient (Wildman–Crippen LogP) is 2.44. The second kappa shape index (κ2) is 4.17. The number of carbonyl (C=O) groups is 1. The van der Waals surface area contributed by atoms with E-state index in [0.29, 0.717) is 13.0 Å². The molecule has 0 atom stereocenters. The summed E-state index contributed by atoms with van der Waals surface area (Å²) in [6, 6.07) is 7.91. The molecule has 0 aliphatic rings. The molecule has 0 fully saturated rings. The Hall–Kier alpha value is -1.77. The average Bonchev–Trinajstić information content (AvgIpc) is 2.59. The van der Waals surface area contributed by atoms with Crippen LogP contribution < -0.4 is 4.74 Å². The molecule has 0 aliphatic carbocycles. The number of aldehydes is 1. The minimum Gasteiger partial charge on any atom is -0.492 e. The molecule has 0 unspecified atom stereocenters. The molecule has 0 bridgehead atoms. The predicted molar refractivity (Wildman–Crippen MR) is 59.2 cm³/mol. The van der Waals surface area contributed by atoms with Crippen LogP contribution >= 0.6 is 0 Å². The number of hydrogen-bond donors (Lipinski definition) is 1. The Bertz CT molecular complexity index is 473. The highest BCUT2D eigenvalue weighted by Gasteiger charge is 2.03. The molecule has 1 heterocycles. The molecule has 0 radical (unpaired) electrons. The van der Waals surface area contributed by atoms with Crippen LogP contribution in [0, 0.1) is 6.92 Å². The van der Waals surface area contributed by atoms with E-state index >= 15 is 0 Å². The highest BCUT2D eigenvalue weighted by molar-refractivity contribution is 5.86. The number of nitrogens with one attached hydrogen (secondary N) is 1. The lowest BCUT2D eigenvalue weighted by Crippen LogP contribution is -1.97. The second-order valence-corrected chi connectivity index (χ2v) is 3.47. The second-order valence-electron chi connectivity index (χ2n) is 3.47. The lowest BCUT2D eigenvalue weighted by molar-refractivity contribution is -0.108. The summed E-state index contributed by atoms with van der Waals surface area (Å²) >= 11 is 0. The number of ether oxygens (including phenoxy) is 1. The molecule has 1 N–H and O–H groups in total. The van der Waals surface area contributed by atoms with Crippen molar-refractivity contribution in [3.63, 3.8) is 0 Å². The molecule has 0 saturated carbocycles. The van der Waals surface area contributed by atoms with Gasteiger partial charge < -0.3 is 14.5 Å². The molecule has 1 aromatic heterocycles. The fraction of sp³-hybridized carbons (Fsp3) is 0.250. The molecule has 15 heavy (non-hydrogen) atoms. The van der Waals surface area contributed by atoms with E-state index in [2.05, 4.69) is 4.98 Å². The molecular weight excluding hydrogens is 190 g/mol. The summed E-state index contributed by atoms with van der Waals surface area (Å²) in [6.45, 7) is 2.45. The zero-order chi connectivity index (χ0) is 10.7. The Morgan fingerprint density at radius 2 is 2.33 bits per heavy atom. The van der Waals surface area contributed by atoms with Gasteiger partial charge in [-0.15, -0.1) is 0 Å². The van der Waals surface area contributed by atoms with Gasteiger partial charge in [-0.1, -0.05) is 6.07 Å². The highest BCUT2D eigenvalue weighted by Crippen LogP contribution is 2.25. The van der Waals surface area contributed by atoms with Crippen molar-refractivity contribution in [2.24, 2.45) is 0 Å². The first kappa shape index (κ1) is 9.77. The smallest absolute Gasteiger partial charge is 0.128 e. The first-order valence-electron chi connectivity index (χ1n) is 4.96. The molecule has 0 aliphatic heterocycles. The number of fused-ring (bicyclic) bond motifs is 1. The van der Waals surface area contributed by atoms with Crippen molar-refractivity contribution in [2.75, 3.05) is 6.61 Å². The number of rotatable bonds is 4. The minimum absolute atomic E-state index is 0.430. The highest BCUT2D eigenvalue weighted by atomic mass is 16.5. The number of H-pyrrole nitrogens is 1. The standard InChI is InChI=1S/C12H13NO2/c1-9-8-10-11(13-9)4-2-5-12(10)15-7-3-6-14/h2,4-6,8,13H,3,7H2,1H3. The topological polar surface area (TPSA) is 42.1 Å². The van der Waals surface area contributed by atoms with E-state index in [1.165, 1.54) is 0 Å². The van der Waals surface area contributed by atoms with Gasteiger partial charge in [-0.25, -0.2) is 0 Å². The van der Waals surface area contributed by atoms with Crippen molar-refractivity contribution in [1.82, 2.24) is 4.98 Å². The zero-order valence-electron chi connectivity index (χ0n) is 8.62. The van der Waals surface area contributed by atoms with Crippen LogP contribution in [-0.2, 0) is 4.79 Å². The van der Waals surface area contributed by atoms with Crippen LogP contribution in [0.3, 0.4) is 0 Å². The molecule has 2 rings (SSSR count). The van der Waals surface area contributed by atoms with Crippen molar-refractivity contribution in [1.29, 1.82) is 0 Å². The Morgan fingerprint density at radius 1 is 1.47 bits per heavy atom. The van der Waals surface area contributed by atoms with Gasteiger partial charge in [-0.05, 0) is 25.1 Å². The maximum atomic E-state index is 10.2. The van der Waals surface area contributed by atoms with Crippen molar-refractivity contribution in [2.45, 2.75) is 13.3 Å². The summed E-state index contributed by atoms with van der Waals surface area (Å²) in [4.78, 5) is 13.4. The third-order valence-electron chi connectivity index (χ3n) is 2.25.